The van der Waals surface area contributed by atoms with Crippen LogP contribution in [0.15, 0.2) is 18.2 Å². The van der Waals surface area contributed by atoms with E-state index in [1.165, 1.54) is 0 Å². The summed E-state index contributed by atoms with van der Waals surface area (Å²) in [5, 5.41) is 1.93. The van der Waals surface area contributed by atoms with Crippen molar-refractivity contribution in [3.63, 3.8) is 0 Å². The van der Waals surface area contributed by atoms with Crippen molar-refractivity contribution in [3.8, 4) is 0 Å². The number of Topliss-reactive ketones (excluding diaryl/α,β-unsaturated/α-hetero) is 2. The number of ketones is 2. The number of anilines is 1. The third-order valence-corrected chi connectivity index (χ3v) is 5.75. The number of rotatable bonds is 2. The van der Waals surface area contributed by atoms with Crippen molar-refractivity contribution in [2.24, 2.45) is 17.3 Å². The first-order valence-corrected chi connectivity index (χ1v) is 8.91. The molecule has 0 aliphatic heterocycles. The SMILES string of the molecule is CC12CCC(CC1)C(=O)C(C(=O)Nc1cc(C(F)(F)F)cc(C(F)(F)F)c1)C2=O. The number of alkyl halides is 6. The minimum Gasteiger partial charge on any atom is -0.325 e. The molecule has 4 nitrogen and oxygen atoms in total. The van der Waals surface area contributed by atoms with Gasteiger partial charge in [-0.05, 0) is 43.9 Å². The van der Waals surface area contributed by atoms with Gasteiger partial charge in [-0.3, -0.25) is 14.4 Å². The Bertz CT molecular complexity index is 833. The lowest BCUT2D eigenvalue weighted by atomic mass is 9.72. The number of carbonyl (C=O) groups excluding carboxylic acids is 3. The Morgan fingerprint density at radius 1 is 0.966 bits per heavy atom. The molecule has 10 heteroatoms. The summed E-state index contributed by atoms with van der Waals surface area (Å²) in [6.45, 7) is 1.62. The Hall–Kier alpha value is -2.39. The summed E-state index contributed by atoms with van der Waals surface area (Å²) in [6.07, 6.45) is -8.50. The van der Waals surface area contributed by atoms with Crippen LogP contribution in [0, 0.1) is 17.3 Å². The molecule has 0 heterocycles. The van der Waals surface area contributed by atoms with Gasteiger partial charge in [0.1, 0.15) is 0 Å². The standard InChI is InChI=1S/C19H17F6NO3/c1-17-4-2-9(3-5-17)14(27)13(15(17)28)16(29)26-12-7-10(18(20,21)22)6-11(8-12)19(23,24)25/h6-9,13H,2-5H2,1H3,(H,26,29). The van der Waals surface area contributed by atoms with E-state index in [1.54, 1.807) is 6.92 Å². The number of amides is 1. The summed E-state index contributed by atoms with van der Waals surface area (Å²) in [6, 6.07) is 0.614. The first-order chi connectivity index (χ1) is 13.2. The second-order valence-electron chi connectivity index (χ2n) is 7.82. The number of nitrogens with one attached hydrogen (secondary N) is 1. The minimum absolute atomic E-state index is 0.0706. The second-order valence-corrected chi connectivity index (χ2v) is 7.82. The quantitative estimate of drug-likeness (QED) is 0.560. The zero-order valence-corrected chi connectivity index (χ0v) is 15.2. The van der Waals surface area contributed by atoms with Crippen LogP contribution in [0.3, 0.4) is 0 Å². The number of halogens is 6. The van der Waals surface area contributed by atoms with E-state index in [1.807, 2.05) is 5.32 Å². The van der Waals surface area contributed by atoms with Gasteiger partial charge in [-0.1, -0.05) is 6.92 Å². The molecule has 1 atom stereocenters. The molecule has 2 bridgehead atoms. The summed E-state index contributed by atoms with van der Waals surface area (Å²) in [4.78, 5) is 38.0. The van der Waals surface area contributed by atoms with E-state index in [0.29, 0.717) is 37.8 Å². The summed E-state index contributed by atoms with van der Waals surface area (Å²) >= 11 is 0. The highest BCUT2D eigenvalue weighted by molar-refractivity contribution is 6.24. The van der Waals surface area contributed by atoms with Crippen LogP contribution in [0.5, 0.6) is 0 Å². The largest absolute Gasteiger partial charge is 0.416 e. The van der Waals surface area contributed by atoms with Gasteiger partial charge < -0.3 is 5.32 Å². The van der Waals surface area contributed by atoms with Gasteiger partial charge in [0.05, 0.1) is 11.1 Å². The third-order valence-electron chi connectivity index (χ3n) is 5.75. The van der Waals surface area contributed by atoms with Crippen molar-refractivity contribution < 1.29 is 40.7 Å². The molecule has 1 aromatic carbocycles. The van der Waals surface area contributed by atoms with Gasteiger partial charge in [-0.2, -0.15) is 26.3 Å². The molecule has 1 N–H and O–H groups in total. The van der Waals surface area contributed by atoms with E-state index in [4.69, 9.17) is 0 Å². The highest BCUT2D eigenvalue weighted by Crippen LogP contribution is 2.46. The van der Waals surface area contributed by atoms with Crippen LogP contribution in [0.25, 0.3) is 0 Å². The number of hydrogen-bond donors (Lipinski definition) is 1. The summed E-state index contributed by atoms with van der Waals surface area (Å²) in [5.41, 5.74) is -4.89. The van der Waals surface area contributed by atoms with Gasteiger partial charge in [0.25, 0.3) is 0 Å². The van der Waals surface area contributed by atoms with E-state index in [0.717, 1.165) is 0 Å². The van der Waals surface area contributed by atoms with Gasteiger partial charge in [-0.15, -0.1) is 0 Å². The van der Waals surface area contributed by atoms with Crippen molar-refractivity contribution in [2.75, 3.05) is 5.32 Å². The number of benzene rings is 1. The third kappa shape index (κ3) is 4.02. The number of fused-ring (bicyclic) bond motifs is 4. The monoisotopic (exact) mass is 421 g/mol. The van der Waals surface area contributed by atoms with Crippen LogP contribution in [-0.4, -0.2) is 17.5 Å². The number of carbonyl (C=O) groups is 3. The molecule has 0 saturated heterocycles. The highest BCUT2D eigenvalue weighted by Gasteiger charge is 2.52. The molecular formula is C19H17F6NO3. The lowest BCUT2D eigenvalue weighted by Crippen LogP contribution is -2.41. The maximum Gasteiger partial charge on any atom is 0.416 e. The van der Waals surface area contributed by atoms with Crippen LogP contribution in [-0.2, 0) is 26.7 Å². The van der Waals surface area contributed by atoms with Crippen LogP contribution in [0.4, 0.5) is 32.0 Å². The molecule has 1 amide bonds. The highest BCUT2D eigenvalue weighted by atomic mass is 19.4. The maximum atomic E-state index is 13.0. The second kappa shape index (κ2) is 6.84. The van der Waals surface area contributed by atoms with Crippen molar-refractivity contribution >= 4 is 23.2 Å². The summed E-state index contributed by atoms with van der Waals surface area (Å²) in [5.74, 6) is -4.72. The van der Waals surface area contributed by atoms with E-state index in [9.17, 15) is 40.7 Å². The van der Waals surface area contributed by atoms with Gasteiger partial charge in [0.15, 0.2) is 17.5 Å². The molecular weight excluding hydrogens is 404 g/mol. The molecule has 1 aromatic rings. The molecule has 3 aliphatic rings. The van der Waals surface area contributed by atoms with Crippen LogP contribution in [0.2, 0.25) is 0 Å². The lowest BCUT2D eigenvalue weighted by molar-refractivity contribution is -0.144. The average molecular weight is 421 g/mol. The normalized spacial score (nSPS) is 27.7. The predicted octanol–water partition coefficient (Wildman–Crippen LogP) is 4.63. The number of hydrogen-bond acceptors (Lipinski definition) is 3. The summed E-state index contributed by atoms with van der Waals surface area (Å²) < 4.78 is 77.9. The molecule has 0 radical (unpaired) electrons. The molecule has 29 heavy (non-hydrogen) atoms. The van der Waals surface area contributed by atoms with Crippen molar-refractivity contribution in [1.29, 1.82) is 0 Å². The zero-order chi connectivity index (χ0) is 21.8. The van der Waals surface area contributed by atoms with E-state index < -0.39 is 63.9 Å². The molecule has 3 aliphatic carbocycles. The molecule has 158 valence electrons. The Morgan fingerprint density at radius 2 is 1.45 bits per heavy atom. The minimum atomic E-state index is -5.08. The molecule has 0 aromatic heterocycles. The van der Waals surface area contributed by atoms with Gasteiger partial charge in [0, 0.05) is 17.0 Å². The van der Waals surface area contributed by atoms with Crippen LogP contribution < -0.4 is 5.32 Å². The van der Waals surface area contributed by atoms with E-state index >= 15 is 0 Å². The lowest BCUT2D eigenvalue weighted by Gasteiger charge is -2.31. The first kappa shape index (κ1) is 21.3. The molecule has 1 unspecified atom stereocenters. The van der Waals surface area contributed by atoms with Gasteiger partial charge >= 0.3 is 12.4 Å². The molecule has 3 fully saturated rings. The fourth-order valence-electron chi connectivity index (χ4n) is 3.99. The van der Waals surface area contributed by atoms with Crippen molar-refractivity contribution in [2.45, 2.75) is 45.0 Å². The fourth-order valence-corrected chi connectivity index (χ4v) is 3.99. The van der Waals surface area contributed by atoms with E-state index in [-0.39, 0.29) is 6.07 Å². The molecule has 3 saturated carbocycles. The first-order valence-electron chi connectivity index (χ1n) is 8.91. The average Bonchev–Trinajstić information content (AvgIpc) is 2.74. The Kier molecular flexibility index (Phi) is 5.03. The predicted molar refractivity (Wildman–Crippen MR) is 88.6 cm³/mol. The molecule has 4 rings (SSSR count). The van der Waals surface area contributed by atoms with Crippen molar-refractivity contribution in [1.82, 2.24) is 0 Å². The summed E-state index contributed by atoms with van der Waals surface area (Å²) in [7, 11) is 0. The maximum absolute atomic E-state index is 13.0. The zero-order valence-electron chi connectivity index (χ0n) is 15.2. The van der Waals surface area contributed by atoms with E-state index in [2.05, 4.69) is 0 Å². The van der Waals surface area contributed by atoms with Gasteiger partial charge in [0.2, 0.25) is 5.91 Å². The van der Waals surface area contributed by atoms with Crippen LogP contribution in [0.1, 0.15) is 43.7 Å². The topological polar surface area (TPSA) is 63.2 Å². The van der Waals surface area contributed by atoms with Crippen molar-refractivity contribution in [3.05, 3.63) is 29.3 Å². The Morgan fingerprint density at radius 3 is 1.90 bits per heavy atom. The Labute approximate surface area is 161 Å². The fraction of sp³-hybridized carbons (Fsp3) is 0.526. The van der Waals surface area contributed by atoms with Crippen LogP contribution >= 0.6 is 0 Å². The smallest absolute Gasteiger partial charge is 0.325 e. The van der Waals surface area contributed by atoms with Gasteiger partial charge in [-0.25, -0.2) is 0 Å². The Balaban J connectivity index is 1.96. The molecule has 0 spiro atoms.